The van der Waals surface area contributed by atoms with Crippen molar-refractivity contribution in [3.63, 3.8) is 0 Å². The summed E-state index contributed by atoms with van der Waals surface area (Å²) in [5, 5.41) is 6.51. The van der Waals surface area contributed by atoms with Gasteiger partial charge in [-0.05, 0) is 49.3 Å². The third kappa shape index (κ3) is 4.63. The zero-order chi connectivity index (χ0) is 17.8. The Hall–Kier alpha value is -1.89. The van der Waals surface area contributed by atoms with Crippen LogP contribution in [0, 0.1) is 5.92 Å². The van der Waals surface area contributed by atoms with E-state index < -0.39 is 0 Å². The molecule has 0 saturated carbocycles. The first-order valence-electron chi connectivity index (χ1n) is 8.53. The largest absolute Gasteiger partial charge is 0.339 e. The number of benzene rings is 1. The van der Waals surface area contributed by atoms with Crippen LogP contribution >= 0.6 is 23.7 Å². The summed E-state index contributed by atoms with van der Waals surface area (Å²) in [7, 11) is 0. The third-order valence-electron chi connectivity index (χ3n) is 4.76. The minimum absolute atomic E-state index is 0. The summed E-state index contributed by atoms with van der Waals surface area (Å²) < 4.78 is 0. The van der Waals surface area contributed by atoms with E-state index in [-0.39, 0.29) is 30.3 Å². The smallest absolute Gasteiger partial charge is 0.256 e. The van der Waals surface area contributed by atoms with Gasteiger partial charge in [-0.2, -0.15) is 11.3 Å². The van der Waals surface area contributed by atoms with E-state index in [0.717, 1.165) is 12.8 Å². The highest BCUT2D eigenvalue weighted by molar-refractivity contribution is 7.08. The maximum Gasteiger partial charge on any atom is 0.256 e. The summed E-state index contributed by atoms with van der Waals surface area (Å²) in [6.07, 6.45) is 1.85. The second-order valence-corrected chi connectivity index (χ2v) is 7.28. The van der Waals surface area contributed by atoms with E-state index in [4.69, 9.17) is 5.73 Å². The molecule has 0 bridgehead atoms. The molecule has 3 rings (SSSR count). The molecule has 1 atom stereocenters. The molecule has 3 N–H and O–H groups in total. The SMILES string of the molecule is CC(N)C1CCN(C(=O)c2ccccc2NC(=O)c2ccsc2)CC1.Cl. The van der Waals surface area contributed by atoms with Gasteiger partial charge in [0.1, 0.15) is 0 Å². The Morgan fingerprint density at radius 3 is 2.54 bits per heavy atom. The molecule has 2 amide bonds. The van der Waals surface area contributed by atoms with Crippen molar-refractivity contribution in [1.82, 2.24) is 4.90 Å². The van der Waals surface area contributed by atoms with Crippen molar-refractivity contribution in [1.29, 1.82) is 0 Å². The zero-order valence-corrected chi connectivity index (χ0v) is 16.3. The zero-order valence-electron chi connectivity index (χ0n) is 14.7. The van der Waals surface area contributed by atoms with Gasteiger partial charge in [0.05, 0.1) is 16.8 Å². The quantitative estimate of drug-likeness (QED) is 0.832. The molecular weight excluding hydrogens is 370 g/mol. The van der Waals surface area contributed by atoms with Gasteiger partial charge >= 0.3 is 0 Å². The van der Waals surface area contributed by atoms with Gasteiger partial charge in [-0.15, -0.1) is 12.4 Å². The van der Waals surface area contributed by atoms with Gasteiger partial charge in [-0.1, -0.05) is 12.1 Å². The van der Waals surface area contributed by atoms with Crippen LogP contribution in [0.25, 0.3) is 0 Å². The van der Waals surface area contributed by atoms with Gasteiger partial charge in [-0.3, -0.25) is 9.59 Å². The predicted molar refractivity (Wildman–Crippen MR) is 108 cm³/mol. The molecule has 1 aliphatic heterocycles. The Labute approximate surface area is 164 Å². The van der Waals surface area contributed by atoms with Gasteiger partial charge in [0.25, 0.3) is 11.8 Å². The number of rotatable bonds is 4. The number of para-hydroxylation sites is 1. The van der Waals surface area contributed by atoms with Gasteiger partial charge in [-0.25, -0.2) is 0 Å². The monoisotopic (exact) mass is 393 g/mol. The Balaban J connectivity index is 0.00000243. The Bertz CT molecular complexity index is 741. The van der Waals surface area contributed by atoms with Crippen LogP contribution in [-0.4, -0.2) is 35.8 Å². The maximum atomic E-state index is 12.9. The van der Waals surface area contributed by atoms with Gasteiger partial charge in [0, 0.05) is 24.5 Å². The fourth-order valence-electron chi connectivity index (χ4n) is 3.17. The molecule has 2 aromatic rings. The lowest BCUT2D eigenvalue weighted by Gasteiger charge is -2.34. The molecule has 1 unspecified atom stereocenters. The van der Waals surface area contributed by atoms with Gasteiger partial charge < -0.3 is 16.0 Å². The number of piperidine rings is 1. The number of halogens is 1. The van der Waals surface area contributed by atoms with Crippen molar-refractivity contribution < 1.29 is 9.59 Å². The number of likely N-dealkylation sites (tertiary alicyclic amines) is 1. The number of nitrogens with two attached hydrogens (primary N) is 1. The average molecular weight is 394 g/mol. The summed E-state index contributed by atoms with van der Waals surface area (Å²) >= 11 is 1.47. The van der Waals surface area contributed by atoms with Crippen molar-refractivity contribution in [2.45, 2.75) is 25.8 Å². The highest BCUT2D eigenvalue weighted by Gasteiger charge is 2.26. The van der Waals surface area contributed by atoms with Crippen LogP contribution in [0.15, 0.2) is 41.1 Å². The van der Waals surface area contributed by atoms with Gasteiger partial charge in [0.2, 0.25) is 0 Å². The number of carbonyl (C=O) groups is 2. The molecule has 1 aromatic heterocycles. The lowest BCUT2D eigenvalue weighted by atomic mass is 9.90. The number of hydrogen-bond donors (Lipinski definition) is 2. The molecule has 7 heteroatoms. The first-order chi connectivity index (χ1) is 12.1. The maximum absolute atomic E-state index is 12.9. The molecule has 5 nitrogen and oxygen atoms in total. The molecule has 1 aromatic carbocycles. The van der Waals surface area contributed by atoms with Crippen LogP contribution in [0.2, 0.25) is 0 Å². The van der Waals surface area contributed by atoms with Crippen molar-refractivity contribution in [2.75, 3.05) is 18.4 Å². The number of anilines is 1. The van der Waals surface area contributed by atoms with Crippen molar-refractivity contribution >= 4 is 41.2 Å². The molecule has 0 aliphatic carbocycles. The van der Waals surface area contributed by atoms with Crippen molar-refractivity contribution in [3.8, 4) is 0 Å². The minimum atomic E-state index is -0.197. The second kappa shape index (κ2) is 9.16. The van der Waals surface area contributed by atoms with E-state index in [0.29, 0.717) is 35.8 Å². The van der Waals surface area contributed by atoms with E-state index in [1.807, 2.05) is 29.3 Å². The Morgan fingerprint density at radius 1 is 1.23 bits per heavy atom. The topological polar surface area (TPSA) is 75.4 Å². The molecule has 0 spiro atoms. The summed E-state index contributed by atoms with van der Waals surface area (Å²) in [6, 6.07) is 9.11. The summed E-state index contributed by atoms with van der Waals surface area (Å²) in [4.78, 5) is 27.1. The summed E-state index contributed by atoms with van der Waals surface area (Å²) in [5.74, 6) is 0.235. The fraction of sp³-hybridized carbons (Fsp3) is 0.368. The number of thiophene rings is 1. The minimum Gasteiger partial charge on any atom is -0.339 e. The highest BCUT2D eigenvalue weighted by atomic mass is 35.5. The number of hydrogen-bond acceptors (Lipinski definition) is 4. The first kappa shape index (κ1) is 20.4. The van der Waals surface area contributed by atoms with Crippen molar-refractivity contribution in [2.24, 2.45) is 11.7 Å². The normalized spacial score (nSPS) is 15.8. The van der Waals surface area contributed by atoms with Crippen LogP contribution in [0.1, 0.15) is 40.5 Å². The van der Waals surface area contributed by atoms with E-state index >= 15 is 0 Å². The predicted octanol–water partition coefficient (Wildman–Crippen LogP) is 3.62. The highest BCUT2D eigenvalue weighted by Crippen LogP contribution is 2.24. The van der Waals surface area contributed by atoms with Crippen molar-refractivity contribution in [3.05, 3.63) is 52.2 Å². The molecule has 140 valence electrons. The average Bonchev–Trinajstić information content (AvgIpc) is 3.16. The molecular formula is C19H24ClN3O2S. The molecule has 0 radical (unpaired) electrons. The van der Waals surface area contributed by atoms with E-state index in [9.17, 15) is 9.59 Å². The lowest BCUT2D eigenvalue weighted by molar-refractivity contribution is 0.0682. The van der Waals surface area contributed by atoms with Crippen LogP contribution in [0.4, 0.5) is 5.69 Å². The van der Waals surface area contributed by atoms with Crippen LogP contribution in [-0.2, 0) is 0 Å². The van der Waals surface area contributed by atoms with Gasteiger partial charge in [0.15, 0.2) is 0 Å². The second-order valence-electron chi connectivity index (χ2n) is 6.50. The van der Waals surface area contributed by atoms with E-state index in [2.05, 4.69) is 5.32 Å². The van der Waals surface area contributed by atoms with E-state index in [1.54, 1.807) is 23.6 Å². The number of amides is 2. The fourth-order valence-corrected chi connectivity index (χ4v) is 3.80. The third-order valence-corrected chi connectivity index (χ3v) is 5.44. The first-order valence-corrected chi connectivity index (χ1v) is 9.48. The van der Waals surface area contributed by atoms with Crippen LogP contribution in [0.5, 0.6) is 0 Å². The number of nitrogens with one attached hydrogen (secondary N) is 1. The number of nitrogens with zero attached hydrogens (tertiary/aromatic N) is 1. The lowest BCUT2D eigenvalue weighted by Crippen LogP contribution is -2.42. The number of carbonyl (C=O) groups excluding carboxylic acids is 2. The Kier molecular flexibility index (Phi) is 7.20. The van der Waals surface area contributed by atoms with Crippen LogP contribution < -0.4 is 11.1 Å². The molecule has 1 fully saturated rings. The molecule has 26 heavy (non-hydrogen) atoms. The summed E-state index contributed by atoms with van der Waals surface area (Å²) in [5.41, 5.74) is 7.66. The van der Waals surface area contributed by atoms with E-state index in [1.165, 1.54) is 11.3 Å². The van der Waals surface area contributed by atoms with Crippen LogP contribution in [0.3, 0.4) is 0 Å². The standard InChI is InChI=1S/C19H23N3O2S.ClH/c1-13(20)14-6-9-22(10-7-14)19(24)16-4-2-3-5-17(16)21-18(23)15-8-11-25-12-15;/h2-5,8,11-14H,6-7,9-10,20H2,1H3,(H,21,23);1H. The molecule has 1 aliphatic rings. The summed E-state index contributed by atoms with van der Waals surface area (Å²) in [6.45, 7) is 3.44. The Morgan fingerprint density at radius 2 is 1.92 bits per heavy atom. The molecule has 1 saturated heterocycles. The molecule has 2 heterocycles.